The summed E-state index contributed by atoms with van der Waals surface area (Å²) in [7, 11) is 0. The van der Waals surface area contributed by atoms with Gasteiger partial charge in [0.25, 0.3) is 0 Å². The molecule has 6 nitrogen and oxygen atoms in total. The first-order valence-electron chi connectivity index (χ1n) is 4.88. The number of hydrogen-bond donors (Lipinski definition) is 1. The van der Waals surface area contributed by atoms with Crippen molar-refractivity contribution >= 4 is 11.8 Å². The van der Waals surface area contributed by atoms with Crippen LogP contribution in [0, 0.1) is 11.3 Å². The molecule has 0 saturated carbocycles. The van der Waals surface area contributed by atoms with Crippen molar-refractivity contribution in [3.63, 3.8) is 0 Å². The third-order valence-electron chi connectivity index (χ3n) is 1.71. The van der Waals surface area contributed by atoms with Crippen LogP contribution in [0.3, 0.4) is 0 Å². The summed E-state index contributed by atoms with van der Waals surface area (Å²) in [6, 6.07) is 1.87. The predicted molar refractivity (Wildman–Crippen MR) is 56.5 cm³/mol. The van der Waals surface area contributed by atoms with Crippen molar-refractivity contribution in [2.45, 2.75) is 13.3 Å². The van der Waals surface area contributed by atoms with Gasteiger partial charge in [-0.2, -0.15) is 5.26 Å². The second-order valence-electron chi connectivity index (χ2n) is 2.88. The molecule has 1 N–H and O–H groups in total. The molecule has 0 fully saturated rings. The molecule has 0 radical (unpaired) electrons. The summed E-state index contributed by atoms with van der Waals surface area (Å²) in [5.41, 5.74) is 0.260. The fourth-order valence-corrected chi connectivity index (χ4v) is 1.00. The van der Waals surface area contributed by atoms with E-state index in [-0.39, 0.29) is 18.1 Å². The third kappa shape index (κ3) is 3.92. The Labute approximate surface area is 93.3 Å². The molecule has 0 amide bonds. The number of aromatic nitrogens is 2. The maximum Gasteiger partial charge on any atom is 0.307 e. The highest BCUT2D eigenvalue weighted by molar-refractivity contribution is 5.69. The molecule has 0 saturated heterocycles. The highest BCUT2D eigenvalue weighted by Gasteiger charge is 2.01. The SMILES string of the molecule is CCOC(=O)CCNc1cnc(C#N)cn1. The summed E-state index contributed by atoms with van der Waals surface area (Å²) in [4.78, 5) is 18.8. The Hall–Kier alpha value is -2.16. The normalized spacial score (nSPS) is 9.25. The van der Waals surface area contributed by atoms with E-state index < -0.39 is 0 Å². The second-order valence-corrected chi connectivity index (χ2v) is 2.88. The van der Waals surface area contributed by atoms with Crippen molar-refractivity contribution in [1.82, 2.24) is 9.97 Å². The Kier molecular flexibility index (Phi) is 4.73. The van der Waals surface area contributed by atoms with Crippen LogP contribution in [-0.2, 0) is 9.53 Å². The molecule has 6 heteroatoms. The number of carbonyl (C=O) groups is 1. The van der Waals surface area contributed by atoms with Gasteiger partial charge in [-0.05, 0) is 6.92 Å². The lowest BCUT2D eigenvalue weighted by Gasteiger charge is -2.04. The van der Waals surface area contributed by atoms with Crippen LogP contribution >= 0.6 is 0 Å². The predicted octanol–water partition coefficient (Wildman–Crippen LogP) is 0.713. The monoisotopic (exact) mass is 220 g/mol. The summed E-state index contributed by atoms with van der Waals surface area (Å²) < 4.78 is 4.76. The first-order valence-corrected chi connectivity index (χ1v) is 4.88. The highest BCUT2D eigenvalue weighted by Crippen LogP contribution is 2.00. The summed E-state index contributed by atoms with van der Waals surface area (Å²) in [5.74, 6) is 0.278. The van der Waals surface area contributed by atoms with E-state index in [1.165, 1.54) is 12.4 Å². The van der Waals surface area contributed by atoms with Crippen LogP contribution in [0.5, 0.6) is 0 Å². The van der Waals surface area contributed by atoms with E-state index in [1.807, 2.05) is 6.07 Å². The number of esters is 1. The quantitative estimate of drug-likeness (QED) is 0.735. The number of nitrogens with zero attached hydrogens (tertiary/aromatic N) is 3. The first kappa shape index (κ1) is 11.9. The molecule has 1 rings (SSSR count). The first-order chi connectivity index (χ1) is 7.76. The molecule has 0 bridgehead atoms. The van der Waals surface area contributed by atoms with E-state index in [0.717, 1.165) is 0 Å². The van der Waals surface area contributed by atoms with Crippen molar-refractivity contribution in [2.75, 3.05) is 18.5 Å². The molecule has 0 aliphatic carbocycles. The van der Waals surface area contributed by atoms with Gasteiger partial charge in [0.15, 0.2) is 5.69 Å². The van der Waals surface area contributed by atoms with Crippen LogP contribution in [0.4, 0.5) is 5.82 Å². The van der Waals surface area contributed by atoms with E-state index >= 15 is 0 Å². The van der Waals surface area contributed by atoms with Gasteiger partial charge in [-0.3, -0.25) is 4.79 Å². The van der Waals surface area contributed by atoms with Gasteiger partial charge in [-0.15, -0.1) is 0 Å². The van der Waals surface area contributed by atoms with Crippen molar-refractivity contribution in [3.05, 3.63) is 18.1 Å². The molecule has 1 heterocycles. The van der Waals surface area contributed by atoms with E-state index in [4.69, 9.17) is 10.00 Å². The fourth-order valence-electron chi connectivity index (χ4n) is 1.00. The number of hydrogen-bond acceptors (Lipinski definition) is 6. The Morgan fingerprint density at radius 2 is 2.38 bits per heavy atom. The largest absolute Gasteiger partial charge is 0.466 e. The molecule has 1 aromatic heterocycles. The maximum atomic E-state index is 11.0. The number of nitrogens with one attached hydrogen (secondary N) is 1. The van der Waals surface area contributed by atoms with Crippen LogP contribution in [0.1, 0.15) is 19.0 Å². The van der Waals surface area contributed by atoms with Crippen molar-refractivity contribution in [1.29, 1.82) is 5.26 Å². The van der Waals surface area contributed by atoms with Gasteiger partial charge in [0.05, 0.1) is 25.4 Å². The summed E-state index contributed by atoms with van der Waals surface area (Å²) in [6.45, 7) is 2.58. The molecule has 1 aromatic rings. The van der Waals surface area contributed by atoms with Gasteiger partial charge in [-0.25, -0.2) is 9.97 Å². The minimum atomic E-state index is -0.253. The zero-order chi connectivity index (χ0) is 11.8. The number of ether oxygens (including phenoxy) is 1. The lowest BCUT2D eigenvalue weighted by atomic mass is 10.4. The smallest absolute Gasteiger partial charge is 0.307 e. The molecule has 16 heavy (non-hydrogen) atoms. The Morgan fingerprint density at radius 1 is 1.56 bits per heavy atom. The zero-order valence-electron chi connectivity index (χ0n) is 8.93. The molecule has 0 aliphatic rings. The topological polar surface area (TPSA) is 87.9 Å². The van der Waals surface area contributed by atoms with Gasteiger partial charge in [0.2, 0.25) is 0 Å². The summed E-state index contributed by atoms with van der Waals surface area (Å²) >= 11 is 0. The molecule has 0 atom stereocenters. The van der Waals surface area contributed by atoms with Crippen molar-refractivity contribution < 1.29 is 9.53 Å². The minimum absolute atomic E-state index is 0.253. The van der Waals surface area contributed by atoms with Gasteiger partial charge in [0, 0.05) is 6.54 Å². The number of rotatable bonds is 5. The third-order valence-corrected chi connectivity index (χ3v) is 1.71. The molecule has 0 unspecified atom stereocenters. The van der Waals surface area contributed by atoms with E-state index in [2.05, 4.69) is 15.3 Å². The van der Waals surface area contributed by atoms with Crippen LogP contribution < -0.4 is 5.32 Å². The minimum Gasteiger partial charge on any atom is -0.466 e. The van der Waals surface area contributed by atoms with Crippen LogP contribution in [0.2, 0.25) is 0 Å². The highest BCUT2D eigenvalue weighted by atomic mass is 16.5. The van der Waals surface area contributed by atoms with Gasteiger partial charge < -0.3 is 10.1 Å². The molecule has 0 aromatic carbocycles. The van der Waals surface area contributed by atoms with Crippen molar-refractivity contribution in [3.8, 4) is 6.07 Å². The van der Waals surface area contributed by atoms with Crippen LogP contribution in [-0.4, -0.2) is 29.1 Å². The van der Waals surface area contributed by atoms with Gasteiger partial charge >= 0.3 is 5.97 Å². The van der Waals surface area contributed by atoms with Crippen LogP contribution in [0.25, 0.3) is 0 Å². The number of carbonyl (C=O) groups excluding carboxylic acids is 1. The average Bonchev–Trinajstić information content (AvgIpc) is 2.30. The van der Waals surface area contributed by atoms with E-state index in [0.29, 0.717) is 19.0 Å². The second kappa shape index (κ2) is 6.35. The molecule has 0 aliphatic heterocycles. The van der Waals surface area contributed by atoms with Crippen molar-refractivity contribution in [2.24, 2.45) is 0 Å². The Morgan fingerprint density at radius 3 is 2.94 bits per heavy atom. The summed E-state index contributed by atoms with van der Waals surface area (Å²) in [5, 5.41) is 11.4. The van der Waals surface area contributed by atoms with Crippen LogP contribution in [0.15, 0.2) is 12.4 Å². The molecular weight excluding hydrogens is 208 g/mol. The Bertz CT molecular complexity index is 383. The van der Waals surface area contributed by atoms with Gasteiger partial charge in [0.1, 0.15) is 11.9 Å². The van der Waals surface area contributed by atoms with E-state index in [1.54, 1.807) is 6.92 Å². The number of nitriles is 1. The Balaban J connectivity index is 2.32. The standard InChI is InChI=1S/C10H12N4O2/c1-2-16-10(15)3-4-12-9-7-13-8(5-11)6-14-9/h6-7H,2-4H2,1H3,(H,12,14). The summed E-state index contributed by atoms with van der Waals surface area (Å²) in [6.07, 6.45) is 3.09. The molecule has 84 valence electrons. The number of anilines is 1. The average molecular weight is 220 g/mol. The zero-order valence-corrected chi connectivity index (χ0v) is 8.93. The lowest BCUT2D eigenvalue weighted by Crippen LogP contribution is -2.12. The fraction of sp³-hybridized carbons (Fsp3) is 0.400. The van der Waals surface area contributed by atoms with Gasteiger partial charge in [-0.1, -0.05) is 0 Å². The lowest BCUT2D eigenvalue weighted by molar-refractivity contribution is -0.142. The maximum absolute atomic E-state index is 11.0. The molecular formula is C10H12N4O2. The van der Waals surface area contributed by atoms with E-state index in [9.17, 15) is 4.79 Å². The molecule has 0 spiro atoms.